The summed E-state index contributed by atoms with van der Waals surface area (Å²) in [6, 6.07) is 4.63. The number of nitro benzene ring substituents is 1. The third-order valence-corrected chi connectivity index (χ3v) is 8.64. The number of alkyl halides is 2. The Balaban J connectivity index is 2.63. The zero-order valence-corrected chi connectivity index (χ0v) is 18.4. The molecule has 2 atom stereocenters. The third kappa shape index (κ3) is 3.79. The molecule has 7 nitrogen and oxygen atoms in total. The normalized spacial score (nSPS) is 26.2. The minimum absolute atomic E-state index is 0.136. The smallest absolute Gasteiger partial charge is 0.282 e. The van der Waals surface area contributed by atoms with Gasteiger partial charge in [-0.3, -0.25) is 14.9 Å². The molecule has 0 fully saturated rings. The van der Waals surface area contributed by atoms with Crippen LogP contribution in [0.15, 0.2) is 43.6 Å². The first-order valence-electron chi connectivity index (χ1n) is 6.73. The van der Waals surface area contributed by atoms with Gasteiger partial charge in [0.1, 0.15) is 4.32 Å². The highest BCUT2D eigenvalue weighted by Crippen LogP contribution is 2.41. The van der Waals surface area contributed by atoms with Crippen molar-refractivity contribution >= 4 is 75.0 Å². The summed E-state index contributed by atoms with van der Waals surface area (Å²) in [5.41, 5.74) is 0.157. The van der Waals surface area contributed by atoms with Gasteiger partial charge in [-0.05, 0) is 41.4 Å². The number of Topliss-reactive ketones (excluding diaryl/α,β-unsaturated/α-hetero) is 1. The fourth-order valence-corrected chi connectivity index (χ4v) is 5.33. The average molecular weight is 559 g/mol. The van der Waals surface area contributed by atoms with Crippen molar-refractivity contribution in [2.24, 2.45) is 4.40 Å². The highest BCUT2D eigenvalue weighted by molar-refractivity contribution is 9.13. The van der Waals surface area contributed by atoms with Gasteiger partial charge in [-0.15, -0.1) is 0 Å². The molecule has 2 unspecified atom stereocenters. The zero-order chi connectivity index (χ0) is 19.2. The van der Waals surface area contributed by atoms with Gasteiger partial charge < -0.3 is 0 Å². The molecule has 0 N–H and O–H groups in total. The van der Waals surface area contributed by atoms with Crippen LogP contribution in [0, 0.1) is 10.1 Å². The number of hydrogen-bond donors (Lipinski definition) is 0. The van der Waals surface area contributed by atoms with Crippen molar-refractivity contribution in [2.45, 2.75) is 27.9 Å². The van der Waals surface area contributed by atoms with Crippen LogP contribution in [0.4, 0.5) is 5.69 Å². The molecule has 0 aliphatic heterocycles. The van der Waals surface area contributed by atoms with E-state index in [0.717, 1.165) is 6.07 Å². The van der Waals surface area contributed by atoms with E-state index < -0.39 is 24.1 Å². The Kier molecular flexibility index (Phi) is 5.72. The van der Waals surface area contributed by atoms with Crippen molar-refractivity contribution in [1.29, 1.82) is 0 Å². The molecule has 1 aromatic carbocycles. The summed E-state index contributed by atoms with van der Waals surface area (Å²) in [6.07, 6.45) is 0. The largest absolute Gasteiger partial charge is 0.292 e. The molecule has 1 aromatic rings. The van der Waals surface area contributed by atoms with E-state index in [1.807, 2.05) is 0 Å². The quantitative estimate of drug-likeness (QED) is 0.318. The van der Waals surface area contributed by atoms with Gasteiger partial charge in [-0.2, -0.15) is 12.8 Å². The number of allylic oxidation sites excluding steroid dienone is 2. The molecule has 2 rings (SSSR count). The van der Waals surface area contributed by atoms with Gasteiger partial charge in [0.25, 0.3) is 15.7 Å². The second kappa shape index (κ2) is 7.01. The molecule has 0 amide bonds. The van der Waals surface area contributed by atoms with Crippen molar-refractivity contribution in [3.8, 4) is 0 Å². The van der Waals surface area contributed by atoms with Crippen LogP contribution in [0.25, 0.3) is 0 Å². The van der Waals surface area contributed by atoms with Crippen LogP contribution in [0.2, 0.25) is 0 Å². The van der Waals surface area contributed by atoms with Crippen LogP contribution in [-0.2, 0) is 14.8 Å². The van der Waals surface area contributed by atoms with Crippen molar-refractivity contribution in [1.82, 2.24) is 0 Å². The molecular formula is C14H11Br3N2O5S. The van der Waals surface area contributed by atoms with Crippen LogP contribution < -0.4 is 0 Å². The van der Waals surface area contributed by atoms with Crippen LogP contribution in [0.1, 0.15) is 13.8 Å². The Morgan fingerprint density at radius 2 is 1.96 bits per heavy atom. The van der Waals surface area contributed by atoms with Crippen LogP contribution in [0.5, 0.6) is 0 Å². The molecule has 25 heavy (non-hydrogen) atoms. The molecule has 1 aliphatic carbocycles. The number of benzene rings is 1. The van der Waals surface area contributed by atoms with Gasteiger partial charge in [-0.1, -0.05) is 37.9 Å². The van der Waals surface area contributed by atoms with Crippen molar-refractivity contribution in [3.05, 3.63) is 44.4 Å². The summed E-state index contributed by atoms with van der Waals surface area (Å²) in [4.78, 5) is 21.5. The van der Waals surface area contributed by atoms with Crippen LogP contribution in [-0.4, -0.2) is 34.0 Å². The van der Waals surface area contributed by atoms with Gasteiger partial charge in [0.05, 0.1) is 24.8 Å². The monoisotopic (exact) mass is 556 g/mol. The minimum Gasteiger partial charge on any atom is -0.292 e. The number of rotatable bonds is 3. The molecule has 0 radical (unpaired) electrons. The predicted octanol–water partition coefficient (Wildman–Crippen LogP) is 3.89. The molecule has 11 heteroatoms. The number of carbonyl (C=O) groups excluding carboxylic acids is 1. The van der Waals surface area contributed by atoms with Crippen LogP contribution >= 0.6 is 47.8 Å². The first-order chi connectivity index (χ1) is 11.4. The molecule has 0 heterocycles. The van der Waals surface area contributed by atoms with Crippen molar-refractivity contribution in [3.63, 3.8) is 0 Å². The molecule has 1 aliphatic rings. The van der Waals surface area contributed by atoms with E-state index in [4.69, 9.17) is 0 Å². The van der Waals surface area contributed by atoms with Crippen molar-refractivity contribution in [2.75, 3.05) is 0 Å². The summed E-state index contributed by atoms with van der Waals surface area (Å²) in [7, 11) is -4.21. The molecule has 134 valence electrons. The van der Waals surface area contributed by atoms with E-state index in [0.29, 0.717) is 5.57 Å². The number of nitro groups is 1. The van der Waals surface area contributed by atoms with E-state index in [1.54, 1.807) is 13.8 Å². The zero-order valence-electron chi connectivity index (χ0n) is 12.9. The third-order valence-electron chi connectivity index (χ3n) is 3.62. The lowest BCUT2D eigenvalue weighted by Crippen LogP contribution is -2.47. The SMILES string of the molecule is CC1=C(Br)C(=O)C(C)(Br)C(Br)/C1=N\S(=O)(=O)c1cccc([N+](=O)[O-])c1. The first-order valence-corrected chi connectivity index (χ1v) is 10.7. The second-order valence-electron chi connectivity index (χ2n) is 5.41. The fraction of sp³-hybridized carbons (Fsp3) is 0.286. The lowest BCUT2D eigenvalue weighted by Gasteiger charge is -2.33. The Labute approximate surface area is 169 Å². The molecule has 0 saturated carbocycles. The maximum Gasteiger partial charge on any atom is 0.282 e. The van der Waals surface area contributed by atoms with Gasteiger partial charge in [0.15, 0.2) is 5.78 Å². The Morgan fingerprint density at radius 1 is 1.36 bits per heavy atom. The second-order valence-corrected chi connectivity index (χ2v) is 10.4. The highest BCUT2D eigenvalue weighted by atomic mass is 79.9. The molecular weight excluding hydrogens is 548 g/mol. The van der Waals surface area contributed by atoms with E-state index in [2.05, 4.69) is 52.2 Å². The Bertz CT molecular complexity index is 938. The minimum atomic E-state index is -4.21. The van der Waals surface area contributed by atoms with E-state index in [1.165, 1.54) is 18.2 Å². The molecule has 0 aromatic heterocycles. The summed E-state index contributed by atoms with van der Waals surface area (Å²) in [5.74, 6) is -0.251. The molecule has 0 spiro atoms. The van der Waals surface area contributed by atoms with E-state index >= 15 is 0 Å². The maximum atomic E-state index is 12.6. The van der Waals surface area contributed by atoms with Gasteiger partial charge in [0, 0.05) is 12.1 Å². The van der Waals surface area contributed by atoms with E-state index in [-0.39, 0.29) is 26.6 Å². The van der Waals surface area contributed by atoms with E-state index in [9.17, 15) is 23.3 Å². The maximum absolute atomic E-state index is 12.6. The molecule has 0 saturated heterocycles. The number of halogens is 3. The number of ketones is 1. The first kappa shape index (κ1) is 20.4. The topological polar surface area (TPSA) is 107 Å². The van der Waals surface area contributed by atoms with Gasteiger partial charge in [-0.25, -0.2) is 0 Å². The number of non-ortho nitro benzene ring substituents is 1. The number of carbonyl (C=O) groups is 1. The van der Waals surface area contributed by atoms with Crippen molar-refractivity contribution < 1.29 is 18.1 Å². The predicted molar refractivity (Wildman–Crippen MR) is 104 cm³/mol. The van der Waals surface area contributed by atoms with Gasteiger partial charge in [0.2, 0.25) is 0 Å². The number of hydrogen-bond acceptors (Lipinski definition) is 5. The summed E-state index contributed by atoms with van der Waals surface area (Å²) in [6.45, 7) is 3.16. The number of nitrogens with zero attached hydrogens (tertiary/aromatic N) is 2. The fourth-order valence-electron chi connectivity index (χ4n) is 2.11. The highest BCUT2D eigenvalue weighted by Gasteiger charge is 2.47. The Hall–Kier alpha value is -0.910. The molecule has 0 bridgehead atoms. The Morgan fingerprint density at radius 3 is 2.52 bits per heavy atom. The van der Waals surface area contributed by atoms with Crippen LogP contribution in [0.3, 0.4) is 0 Å². The number of sulfonamides is 1. The average Bonchev–Trinajstić information content (AvgIpc) is 2.56. The summed E-state index contributed by atoms with van der Waals surface area (Å²) in [5, 5.41) is 10.8. The lowest BCUT2D eigenvalue weighted by molar-refractivity contribution is -0.385. The lowest BCUT2D eigenvalue weighted by atomic mass is 9.88. The standard InChI is InChI=1S/C14H11Br3N2O5S/c1-7-10(15)13(20)14(2,17)12(16)11(7)18-25(23,24)9-5-3-4-8(6-9)19(21)22/h3-6,12H,1-2H3/b18-11-. The summed E-state index contributed by atoms with van der Waals surface area (Å²) >= 11 is 9.79. The van der Waals surface area contributed by atoms with Gasteiger partial charge >= 0.3 is 0 Å². The summed E-state index contributed by atoms with van der Waals surface area (Å²) < 4.78 is 28.1.